The molecule has 2 rings (SSSR count). The number of likely N-dealkylation sites (tertiary alicyclic amines) is 1. The Morgan fingerprint density at radius 2 is 1.87 bits per heavy atom. The van der Waals surface area contributed by atoms with Gasteiger partial charge in [0.2, 0.25) is 0 Å². The van der Waals surface area contributed by atoms with Crippen LogP contribution < -0.4 is 0 Å². The molecule has 0 aliphatic carbocycles. The Kier molecular flexibility index (Phi) is 3.65. The monoisotopic (exact) mass is 212 g/mol. The van der Waals surface area contributed by atoms with Crippen LogP contribution >= 0.6 is 0 Å². The van der Waals surface area contributed by atoms with Crippen LogP contribution in [0.1, 0.15) is 20.3 Å². The summed E-state index contributed by atoms with van der Waals surface area (Å²) in [6.45, 7) is 10.1. The Morgan fingerprint density at radius 3 is 2.40 bits per heavy atom. The molecule has 3 nitrogen and oxygen atoms in total. The molecule has 2 fully saturated rings. The third kappa shape index (κ3) is 2.52. The predicted octanol–water partition coefficient (Wildman–Crippen LogP) is 1.05. The normalized spacial score (nSPS) is 39.8. The van der Waals surface area contributed by atoms with E-state index < -0.39 is 0 Å². The molecule has 2 aliphatic heterocycles. The summed E-state index contributed by atoms with van der Waals surface area (Å²) in [5, 5.41) is 0. The second-order valence-corrected chi connectivity index (χ2v) is 5.16. The zero-order chi connectivity index (χ0) is 10.8. The van der Waals surface area contributed by atoms with E-state index in [1.807, 2.05) is 0 Å². The molecule has 0 aromatic heterocycles. The zero-order valence-corrected chi connectivity index (χ0v) is 10.3. The number of hydrogen-bond donors (Lipinski definition) is 0. The largest absolute Gasteiger partial charge is 0.379 e. The quantitative estimate of drug-likeness (QED) is 0.680. The molecule has 2 aliphatic rings. The highest BCUT2D eigenvalue weighted by atomic mass is 16.5. The van der Waals surface area contributed by atoms with Crippen molar-refractivity contribution < 1.29 is 4.74 Å². The highest BCUT2D eigenvalue weighted by Gasteiger charge is 2.34. The lowest BCUT2D eigenvalue weighted by Gasteiger charge is -2.31. The van der Waals surface area contributed by atoms with E-state index in [4.69, 9.17) is 4.74 Å². The minimum atomic E-state index is 0.739. The molecule has 2 unspecified atom stereocenters. The molecule has 3 atom stereocenters. The Labute approximate surface area is 93.4 Å². The Hall–Kier alpha value is -0.120. The van der Waals surface area contributed by atoms with Crippen molar-refractivity contribution in [3.63, 3.8) is 0 Å². The van der Waals surface area contributed by atoms with Crippen LogP contribution in [0.3, 0.4) is 0 Å². The number of hydrogen-bond acceptors (Lipinski definition) is 3. The standard InChI is InChI=1S/C12H24N2O/c1-10-8-12(11(2)13(10)3)9-14-4-6-15-7-5-14/h10-12H,4-9H2,1-3H3/t10?,11-,12?/m1/s1. The second kappa shape index (κ2) is 4.81. The van der Waals surface area contributed by atoms with E-state index in [1.54, 1.807) is 0 Å². The van der Waals surface area contributed by atoms with Crippen molar-refractivity contribution in [2.75, 3.05) is 39.9 Å². The fraction of sp³-hybridized carbons (Fsp3) is 1.00. The first-order chi connectivity index (χ1) is 7.18. The van der Waals surface area contributed by atoms with E-state index in [9.17, 15) is 0 Å². The van der Waals surface area contributed by atoms with Crippen molar-refractivity contribution in [2.45, 2.75) is 32.4 Å². The molecular weight excluding hydrogens is 188 g/mol. The van der Waals surface area contributed by atoms with Crippen LogP contribution in [0.2, 0.25) is 0 Å². The van der Waals surface area contributed by atoms with Crippen LogP contribution in [0.5, 0.6) is 0 Å². The smallest absolute Gasteiger partial charge is 0.0594 e. The van der Waals surface area contributed by atoms with Gasteiger partial charge in [-0.25, -0.2) is 0 Å². The van der Waals surface area contributed by atoms with E-state index in [0.717, 1.165) is 44.3 Å². The van der Waals surface area contributed by atoms with Crippen molar-refractivity contribution >= 4 is 0 Å². The maximum Gasteiger partial charge on any atom is 0.0594 e. The summed E-state index contributed by atoms with van der Waals surface area (Å²) in [6, 6.07) is 1.49. The van der Waals surface area contributed by atoms with E-state index in [0.29, 0.717) is 0 Å². The van der Waals surface area contributed by atoms with E-state index >= 15 is 0 Å². The van der Waals surface area contributed by atoms with Crippen LogP contribution in [0.15, 0.2) is 0 Å². The van der Waals surface area contributed by atoms with Crippen LogP contribution in [0, 0.1) is 5.92 Å². The molecule has 2 heterocycles. The highest BCUT2D eigenvalue weighted by molar-refractivity contribution is 4.89. The van der Waals surface area contributed by atoms with Gasteiger partial charge in [0.25, 0.3) is 0 Å². The van der Waals surface area contributed by atoms with Crippen molar-refractivity contribution in [1.82, 2.24) is 9.80 Å². The van der Waals surface area contributed by atoms with E-state index in [2.05, 4.69) is 30.7 Å². The molecule has 3 heteroatoms. The summed E-state index contributed by atoms with van der Waals surface area (Å²) in [5.41, 5.74) is 0. The van der Waals surface area contributed by atoms with Gasteiger partial charge in [0, 0.05) is 31.7 Å². The SMILES string of the molecule is CC1CC(CN2CCOCC2)[C@@H](C)N1C. The second-order valence-electron chi connectivity index (χ2n) is 5.16. The van der Waals surface area contributed by atoms with E-state index in [1.165, 1.54) is 13.0 Å². The molecule has 0 saturated carbocycles. The summed E-state index contributed by atoms with van der Waals surface area (Å²) < 4.78 is 5.38. The van der Waals surface area contributed by atoms with Gasteiger partial charge in [0.05, 0.1) is 13.2 Å². The molecule has 0 aromatic rings. The van der Waals surface area contributed by atoms with Gasteiger partial charge in [-0.05, 0) is 33.2 Å². The number of rotatable bonds is 2. The van der Waals surface area contributed by atoms with E-state index in [-0.39, 0.29) is 0 Å². The summed E-state index contributed by atoms with van der Waals surface area (Å²) in [5.74, 6) is 0.850. The molecule has 0 spiro atoms. The van der Waals surface area contributed by atoms with Gasteiger partial charge in [-0.2, -0.15) is 0 Å². The Bertz CT molecular complexity index is 204. The summed E-state index contributed by atoms with van der Waals surface area (Å²) in [7, 11) is 2.26. The summed E-state index contributed by atoms with van der Waals surface area (Å²) in [6.07, 6.45) is 1.36. The lowest BCUT2D eigenvalue weighted by molar-refractivity contribution is 0.0287. The van der Waals surface area contributed by atoms with Gasteiger partial charge >= 0.3 is 0 Å². The lowest BCUT2D eigenvalue weighted by atomic mass is 9.99. The molecular formula is C12H24N2O. The topological polar surface area (TPSA) is 15.7 Å². The summed E-state index contributed by atoms with van der Waals surface area (Å²) in [4.78, 5) is 5.08. The fourth-order valence-corrected chi connectivity index (χ4v) is 2.88. The van der Waals surface area contributed by atoms with Gasteiger partial charge in [-0.3, -0.25) is 4.90 Å². The molecule has 88 valence electrons. The van der Waals surface area contributed by atoms with Crippen LogP contribution in [0.25, 0.3) is 0 Å². The minimum Gasteiger partial charge on any atom is -0.379 e. The van der Waals surface area contributed by atoms with Gasteiger partial charge < -0.3 is 9.64 Å². The Morgan fingerprint density at radius 1 is 1.20 bits per heavy atom. The van der Waals surface area contributed by atoms with Gasteiger partial charge in [-0.15, -0.1) is 0 Å². The first kappa shape index (κ1) is 11.4. The fourth-order valence-electron chi connectivity index (χ4n) is 2.88. The average molecular weight is 212 g/mol. The lowest BCUT2D eigenvalue weighted by Crippen LogP contribution is -2.41. The van der Waals surface area contributed by atoms with Crippen LogP contribution in [-0.2, 0) is 4.74 Å². The third-order valence-electron chi connectivity index (χ3n) is 4.26. The molecule has 0 bridgehead atoms. The first-order valence-electron chi connectivity index (χ1n) is 6.20. The molecule has 0 amide bonds. The molecule has 0 aromatic carbocycles. The molecule has 2 saturated heterocycles. The van der Waals surface area contributed by atoms with Crippen molar-refractivity contribution in [3.05, 3.63) is 0 Å². The molecule has 0 radical (unpaired) electrons. The van der Waals surface area contributed by atoms with Crippen molar-refractivity contribution in [2.24, 2.45) is 5.92 Å². The Balaban J connectivity index is 1.83. The first-order valence-corrected chi connectivity index (χ1v) is 6.20. The maximum atomic E-state index is 5.38. The van der Waals surface area contributed by atoms with Crippen molar-refractivity contribution in [1.29, 1.82) is 0 Å². The number of nitrogens with zero attached hydrogens (tertiary/aromatic N) is 2. The minimum absolute atomic E-state index is 0.739. The maximum absolute atomic E-state index is 5.38. The molecule has 0 N–H and O–H groups in total. The highest BCUT2D eigenvalue weighted by Crippen LogP contribution is 2.28. The average Bonchev–Trinajstić information content (AvgIpc) is 2.48. The summed E-state index contributed by atoms with van der Waals surface area (Å²) >= 11 is 0. The van der Waals surface area contributed by atoms with Crippen LogP contribution in [0.4, 0.5) is 0 Å². The zero-order valence-electron chi connectivity index (χ0n) is 10.3. The van der Waals surface area contributed by atoms with Gasteiger partial charge in [0.15, 0.2) is 0 Å². The van der Waals surface area contributed by atoms with Crippen molar-refractivity contribution in [3.8, 4) is 0 Å². The number of morpholine rings is 1. The molecule has 15 heavy (non-hydrogen) atoms. The van der Waals surface area contributed by atoms with Gasteiger partial charge in [-0.1, -0.05) is 0 Å². The third-order valence-corrected chi connectivity index (χ3v) is 4.26. The van der Waals surface area contributed by atoms with Gasteiger partial charge in [0.1, 0.15) is 0 Å². The van der Waals surface area contributed by atoms with Crippen LogP contribution in [-0.4, -0.2) is 61.8 Å². The number of ether oxygens (including phenoxy) is 1. The predicted molar refractivity (Wildman–Crippen MR) is 62.1 cm³/mol.